The third kappa shape index (κ3) is 4.05. The van der Waals surface area contributed by atoms with E-state index in [1.165, 1.54) is 0 Å². The van der Waals surface area contributed by atoms with E-state index in [2.05, 4.69) is 40.3 Å². The molecule has 0 aromatic carbocycles. The SMILES string of the molecule is Cc1nc([C@H](C)NC(=O)CN2CCN(c3ncccn3)CC2)n[nH]1. The summed E-state index contributed by atoms with van der Waals surface area (Å²) in [6, 6.07) is 1.60. The van der Waals surface area contributed by atoms with E-state index in [4.69, 9.17) is 0 Å². The first-order chi connectivity index (χ1) is 11.6. The van der Waals surface area contributed by atoms with Crippen LogP contribution in [0.1, 0.15) is 24.6 Å². The van der Waals surface area contributed by atoms with Crippen LogP contribution in [0.2, 0.25) is 0 Å². The molecule has 1 saturated heterocycles. The Morgan fingerprint density at radius 2 is 2.00 bits per heavy atom. The maximum atomic E-state index is 12.2. The first-order valence-electron chi connectivity index (χ1n) is 8.04. The average molecular weight is 330 g/mol. The lowest BCUT2D eigenvalue weighted by Gasteiger charge is -2.34. The van der Waals surface area contributed by atoms with Crippen LogP contribution in [0.25, 0.3) is 0 Å². The summed E-state index contributed by atoms with van der Waals surface area (Å²) >= 11 is 0. The van der Waals surface area contributed by atoms with Crippen molar-refractivity contribution in [1.29, 1.82) is 0 Å². The van der Waals surface area contributed by atoms with Crippen molar-refractivity contribution in [1.82, 2.24) is 35.4 Å². The number of anilines is 1. The molecule has 0 saturated carbocycles. The quantitative estimate of drug-likeness (QED) is 0.789. The number of piperazine rings is 1. The number of H-pyrrole nitrogens is 1. The van der Waals surface area contributed by atoms with Crippen molar-refractivity contribution in [3.8, 4) is 0 Å². The van der Waals surface area contributed by atoms with Crippen LogP contribution in [0, 0.1) is 6.92 Å². The van der Waals surface area contributed by atoms with E-state index in [0.717, 1.165) is 38.0 Å². The normalized spacial score (nSPS) is 16.8. The lowest BCUT2D eigenvalue weighted by atomic mass is 10.3. The molecule has 0 spiro atoms. The molecule has 0 bridgehead atoms. The summed E-state index contributed by atoms with van der Waals surface area (Å²) in [5.74, 6) is 2.07. The van der Waals surface area contributed by atoms with Gasteiger partial charge in [-0.15, -0.1) is 0 Å². The van der Waals surface area contributed by atoms with Crippen LogP contribution in [0.3, 0.4) is 0 Å². The molecule has 3 heterocycles. The fraction of sp³-hybridized carbons (Fsp3) is 0.533. The van der Waals surface area contributed by atoms with Gasteiger partial charge < -0.3 is 10.2 Å². The molecule has 0 aliphatic carbocycles. The van der Waals surface area contributed by atoms with Crippen LogP contribution >= 0.6 is 0 Å². The first kappa shape index (κ1) is 16.3. The van der Waals surface area contributed by atoms with Crippen molar-refractivity contribution in [3.05, 3.63) is 30.1 Å². The highest BCUT2D eigenvalue weighted by molar-refractivity contribution is 5.78. The third-order valence-corrected chi connectivity index (χ3v) is 3.95. The maximum absolute atomic E-state index is 12.2. The zero-order valence-electron chi connectivity index (χ0n) is 13.9. The highest BCUT2D eigenvalue weighted by Crippen LogP contribution is 2.10. The lowest BCUT2D eigenvalue weighted by molar-refractivity contribution is -0.123. The Morgan fingerprint density at radius 1 is 1.29 bits per heavy atom. The molecule has 0 unspecified atom stereocenters. The number of carbonyl (C=O) groups excluding carboxylic acids is 1. The number of nitrogens with zero attached hydrogens (tertiary/aromatic N) is 6. The Kier molecular flexibility index (Phi) is 4.99. The predicted octanol–water partition coefficient (Wildman–Crippen LogP) is -0.0975. The molecule has 3 rings (SSSR count). The molecular formula is C15H22N8O. The Bertz CT molecular complexity index is 665. The van der Waals surface area contributed by atoms with Gasteiger partial charge in [0.05, 0.1) is 12.6 Å². The highest BCUT2D eigenvalue weighted by Gasteiger charge is 2.21. The summed E-state index contributed by atoms with van der Waals surface area (Å²) in [5.41, 5.74) is 0. The molecular weight excluding hydrogens is 308 g/mol. The van der Waals surface area contributed by atoms with Gasteiger partial charge in [0.25, 0.3) is 0 Å². The average Bonchev–Trinajstić information content (AvgIpc) is 3.03. The zero-order chi connectivity index (χ0) is 16.9. The maximum Gasteiger partial charge on any atom is 0.234 e. The fourth-order valence-corrected chi connectivity index (χ4v) is 2.67. The molecule has 128 valence electrons. The smallest absolute Gasteiger partial charge is 0.234 e. The second kappa shape index (κ2) is 7.35. The van der Waals surface area contributed by atoms with Crippen molar-refractivity contribution >= 4 is 11.9 Å². The van der Waals surface area contributed by atoms with Gasteiger partial charge in [0.2, 0.25) is 11.9 Å². The van der Waals surface area contributed by atoms with E-state index in [0.29, 0.717) is 12.4 Å². The van der Waals surface area contributed by atoms with E-state index in [1.807, 2.05) is 13.8 Å². The number of hydrogen-bond donors (Lipinski definition) is 2. The lowest BCUT2D eigenvalue weighted by Crippen LogP contribution is -2.50. The van der Waals surface area contributed by atoms with E-state index in [1.54, 1.807) is 18.5 Å². The van der Waals surface area contributed by atoms with Crippen molar-refractivity contribution in [2.24, 2.45) is 0 Å². The summed E-state index contributed by atoms with van der Waals surface area (Å²) in [7, 11) is 0. The number of aromatic nitrogens is 5. The van der Waals surface area contributed by atoms with Crippen LogP contribution in [0.4, 0.5) is 5.95 Å². The van der Waals surface area contributed by atoms with E-state index >= 15 is 0 Å². The number of carbonyl (C=O) groups is 1. The van der Waals surface area contributed by atoms with Crippen LogP contribution in [0.5, 0.6) is 0 Å². The molecule has 1 amide bonds. The van der Waals surface area contributed by atoms with Gasteiger partial charge >= 0.3 is 0 Å². The van der Waals surface area contributed by atoms with Gasteiger partial charge in [-0.1, -0.05) is 0 Å². The number of rotatable bonds is 5. The Morgan fingerprint density at radius 3 is 2.62 bits per heavy atom. The molecule has 1 atom stereocenters. The standard InChI is InChI=1S/C15H22N8O/c1-11(14-19-12(2)20-21-14)18-13(24)10-22-6-8-23(9-7-22)15-16-4-3-5-17-15/h3-5,11H,6-10H2,1-2H3,(H,18,24)(H,19,20,21)/t11-/m0/s1. The molecule has 1 aliphatic heterocycles. The van der Waals surface area contributed by atoms with E-state index in [-0.39, 0.29) is 11.9 Å². The topological polar surface area (TPSA) is 103 Å². The molecule has 9 heteroatoms. The van der Waals surface area contributed by atoms with E-state index in [9.17, 15) is 4.79 Å². The Hall–Kier alpha value is -2.55. The minimum Gasteiger partial charge on any atom is -0.345 e. The molecule has 2 aromatic rings. The first-order valence-corrected chi connectivity index (χ1v) is 8.04. The van der Waals surface area contributed by atoms with Gasteiger partial charge in [0, 0.05) is 38.6 Å². The van der Waals surface area contributed by atoms with Crippen LogP contribution < -0.4 is 10.2 Å². The van der Waals surface area contributed by atoms with Crippen LogP contribution in [-0.4, -0.2) is 68.7 Å². The van der Waals surface area contributed by atoms with Crippen molar-refractivity contribution < 1.29 is 4.79 Å². The third-order valence-electron chi connectivity index (χ3n) is 3.95. The van der Waals surface area contributed by atoms with Gasteiger partial charge in [0.1, 0.15) is 5.82 Å². The van der Waals surface area contributed by atoms with Gasteiger partial charge in [-0.3, -0.25) is 14.8 Å². The number of amides is 1. The second-order valence-electron chi connectivity index (χ2n) is 5.88. The molecule has 24 heavy (non-hydrogen) atoms. The summed E-state index contributed by atoms with van der Waals surface area (Å²) < 4.78 is 0. The number of hydrogen-bond acceptors (Lipinski definition) is 7. The fourth-order valence-electron chi connectivity index (χ4n) is 2.67. The summed E-state index contributed by atoms with van der Waals surface area (Å²) in [5, 5.41) is 9.79. The van der Waals surface area contributed by atoms with Crippen molar-refractivity contribution in [2.45, 2.75) is 19.9 Å². The van der Waals surface area contributed by atoms with Crippen LogP contribution in [0.15, 0.2) is 18.5 Å². The Balaban J connectivity index is 1.45. The molecule has 1 fully saturated rings. The minimum atomic E-state index is -0.207. The van der Waals surface area contributed by atoms with Crippen molar-refractivity contribution in [2.75, 3.05) is 37.6 Å². The monoisotopic (exact) mass is 330 g/mol. The highest BCUT2D eigenvalue weighted by atomic mass is 16.2. The van der Waals surface area contributed by atoms with Gasteiger partial charge in [-0.05, 0) is 19.9 Å². The largest absolute Gasteiger partial charge is 0.345 e. The van der Waals surface area contributed by atoms with E-state index < -0.39 is 0 Å². The summed E-state index contributed by atoms with van der Waals surface area (Å²) in [4.78, 5) is 29.2. The van der Waals surface area contributed by atoms with Gasteiger partial charge in [-0.25, -0.2) is 15.0 Å². The van der Waals surface area contributed by atoms with Crippen LogP contribution in [-0.2, 0) is 4.79 Å². The number of nitrogens with one attached hydrogen (secondary N) is 2. The summed E-state index contributed by atoms with van der Waals surface area (Å²) in [6.07, 6.45) is 3.49. The predicted molar refractivity (Wildman–Crippen MR) is 88.4 cm³/mol. The molecule has 2 N–H and O–H groups in total. The van der Waals surface area contributed by atoms with Gasteiger partial charge in [-0.2, -0.15) is 5.10 Å². The Labute approximate surface area is 140 Å². The molecule has 1 aliphatic rings. The molecule has 9 nitrogen and oxygen atoms in total. The van der Waals surface area contributed by atoms with Gasteiger partial charge in [0.15, 0.2) is 5.82 Å². The second-order valence-corrected chi connectivity index (χ2v) is 5.88. The minimum absolute atomic E-state index is 0.0191. The molecule has 0 radical (unpaired) electrons. The molecule has 2 aromatic heterocycles. The number of aryl methyl sites for hydroxylation is 1. The summed E-state index contributed by atoms with van der Waals surface area (Å²) in [6.45, 7) is 7.32. The number of aromatic amines is 1. The zero-order valence-corrected chi connectivity index (χ0v) is 13.9. The van der Waals surface area contributed by atoms with Crippen molar-refractivity contribution in [3.63, 3.8) is 0 Å².